The van der Waals surface area contributed by atoms with Crippen LogP contribution in [0.1, 0.15) is 44.6 Å². The molecule has 6 nitrogen and oxygen atoms in total. The highest BCUT2D eigenvalue weighted by Crippen LogP contribution is 2.26. The van der Waals surface area contributed by atoms with Crippen molar-refractivity contribution in [1.82, 2.24) is 24.9 Å². The maximum absolute atomic E-state index is 4.51. The van der Waals surface area contributed by atoms with Gasteiger partial charge < -0.3 is 15.1 Å². The SMILES string of the molecule is CN=C(NCCCN1CC(C)CC(C)C1)N1CCC(c2cnn(C)c2)C1.I. The molecule has 2 aliphatic rings. The molecule has 0 amide bonds. The zero-order valence-corrected chi connectivity index (χ0v) is 19.7. The summed E-state index contributed by atoms with van der Waals surface area (Å²) in [6, 6.07) is 0. The molecule has 7 heteroatoms. The number of aryl methyl sites for hydroxylation is 1. The van der Waals surface area contributed by atoms with Crippen LogP contribution in [0.3, 0.4) is 0 Å². The van der Waals surface area contributed by atoms with Crippen LogP contribution in [-0.2, 0) is 7.05 Å². The van der Waals surface area contributed by atoms with E-state index in [4.69, 9.17) is 0 Å². The third-order valence-electron chi connectivity index (χ3n) is 5.77. The minimum absolute atomic E-state index is 0. The van der Waals surface area contributed by atoms with Crippen LogP contribution in [0.5, 0.6) is 0 Å². The maximum atomic E-state index is 4.51. The van der Waals surface area contributed by atoms with Gasteiger partial charge in [0.15, 0.2) is 5.96 Å². The van der Waals surface area contributed by atoms with E-state index < -0.39 is 0 Å². The van der Waals surface area contributed by atoms with Gasteiger partial charge in [-0.05, 0) is 43.2 Å². The summed E-state index contributed by atoms with van der Waals surface area (Å²) in [5, 5.41) is 7.89. The summed E-state index contributed by atoms with van der Waals surface area (Å²) in [5.41, 5.74) is 1.35. The lowest BCUT2D eigenvalue weighted by Gasteiger charge is -2.35. The van der Waals surface area contributed by atoms with Crippen molar-refractivity contribution in [2.75, 3.05) is 46.3 Å². The zero-order valence-electron chi connectivity index (χ0n) is 17.4. The molecule has 0 radical (unpaired) electrons. The van der Waals surface area contributed by atoms with E-state index in [0.29, 0.717) is 5.92 Å². The van der Waals surface area contributed by atoms with Crippen molar-refractivity contribution in [2.45, 2.75) is 39.0 Å². The van der Waals surface area contributed by atoms with Crippen molar-refractivity contribution in [2.24, 2.45) is 23.9 Å². The zero-order chi connectivity index (χ0) is 18.5. The standard InChI is InChI=1S/C20H36N6.HI/c1-16-10-17(2)13-25(12-16)8-5-7-22-20(21-3)26-9-6-18(15-26)19-11-23-24(4)14-19;/h11,14,16-18H,5-10,12-13,15H2,1-4H3,(H,21,22);1H. The average molecular weight is 488 g/mol. The van der Waals surface area contributed by atoms with Gasteiger partial charge in [0, 0.05) is 58.9 Å². The van der Waals surface area contributed by atoms with E-state index in [1.807, 2.05) is 25.0 Å². The topological polar surface area (TPSA) is 48.7 Å². The Bertz CT molecular complexity index is 591. The average Bonchev–Trinajstić information content (AvgIpc) is 3.23. The van der Waals surface area contributed by atoms with Crippen LogP contribution in [0.25, 0.3) is 0 Å². The maximum Gasteiger partial charge on any atom is 0.193 e. The molecule has 27 heavy (non-hydrogen) atoms. The van der Waals surface area contributed by atoms with Gasteiger partial charge >= 0.3 is 0 Å². The van der Waals surface area contributed by atoms with Gasteiger partial charge in [-0.2, -0.15) is 5.10 Å². The number of nitrogens with zero attached hydrogens (tertiary/aromatic N) is 5. The van der Waals surface area contributed by atoms with Gasteiger partial charge in [0.25, 0.3) is 0 Å². The second kappa shape index (κ2) is 10.6. The molecule has 2 fully saturated rings. The second-order valence-corrected chi connectivity index (χ2v) is 8.41. The molecule has 0 aliphatic carbocycles. The van der Waals surface area contributed by atoms with Crippen molar-refractivity contribution in [3.63, 3.8) is 0 Å². The molecule has 3 rings (SSSR count). The molecule has 1 aromatic heterocycles. The van der Waals surface area contributed by atoms with Crippen molar-refractivity contribution < 1.29 is 0 Å². The van der Waals surface area contributed by atoms with Crippen LogP contribution in [0, 0.1) is 11.8 Å². The number of halogens is 1. The Morgan fingerprint density at radius 1 is 1.26 bits per heavy atom. The minimum Gasteiger partial charge on any atom is -0.356 e. The molecule has 0 spiro atoms. The highest BCUT2D eigenvalue weighted by atomic mass is 127. The number of aromatic nitrogens is 2. The van der Waals surface area contributed by atoms with E-state index in [2.05, 4.69) is 45.3 Å². The van der Waals surface area contributed by atoms with Gasteiger partial charge in [0.2, 0.25) is 0 Å². The first-order chi connectivity index (χ1) is 12.5. The summed E-state index contributed by atoms with van der Waals surface area (Å²) < 4.78 is 1.90. The lowest BCUT2D eigenvalue weighted by Crippen LogP contribution is -2.42. The Kier molecular flexibility index (Phi) is 8.85. The molecule has 1 aromatic rings. The Morgan fingerprint density at radius 3 is 2.63 bits per heavy atom. The quantitative estimate of drug-likeness (QED) is 0.300. The van der Waals surface area contributed by atoms with Gasteiger partial charge in [0.1, 0.15) is 0 Å². The van der Waals surface area contributed by atoms with Crippen molar-refractivity contribution in [3.05, 3.63) is 18.0 Å². The molecule has 3 heterocycles. The van der Waals surface area contributed by atoms with E-state index in [-0.39, 0.29) is 24.0 Å². The molecule has 3 unspecified atom stereocenters. The normalized spacial score (nSPS) is 26.9. The highest BCUT2D eigenvalue weighted by Gasteiger charge is 2.27. The first kappa shape index (κ1) is 22.5. The Hall–Kier alpha value is -0.830. The predicted molar refractivity (Wildman–Crippen MR) is 123 cm³/mol. The van der Waals surface area contributed by atoms with Crippen LogP contribution in [0.4, 0.5) is 0 Å². The van der Waals surface area contributed by atoms with Crippen LogP contribution in [-0.4, -0.2) is 71.9 Å². The number of guanidine groups is 1. The highest BCUT2D eigenvalue weighted by molar-refractivity contribution is 14.0. The third-order valence-corrected chi connectivity index (χ3v) is 5.77. The molecule has 0 bridgehead atoms. The van der Waals surface area contributed by atoms with Crippen molar-refractivity contribution in [3.8, 4) is 0 Å². The number of rotatable bonds is 5. The number of likely N-dealkylation sites (tertiary alicyclic amines) is 2. The number of hydrogen-bond donors (Lipinski definition) is 1. The van der Waals surface area contributed by atoms with Gasteiger partial charge in [0.05, 0.1) is 6.20 Å². The minimum atomic E-state index is 0. The fourth-order valence-electron chi connectivity index (χ4n) is 4.69. The van der Waals surface area contributed by atoms with E-state index in [1.54, 1.807) is 0 Å². The first-order valence-corrected chi connectivity index (χ1v) is 10.2. The lowest BCUT2D eigenvalue weighted by molar-refractivity contribution is 0.140. The molecule has 3 atom stereocenters. The van der Waals surface area contributed by atoms with Crippen LogP contribution >= 0.6 is 24.0 Å². The van der Waals surface area contributed by atoms with Crippen molar-refractivity contribution >= 4 is 29.9 Å². The van der Waals surface area contributed by atoms with E-state index in [1.165, 1.54) is 44.5 Å². The Balaban J connectivity index is 0.00000261. The summed E-state index contributed by atoms with van der Waals surface area (Å²) in [7, 11) is 3.88. The summed E-state index contributed by atoms with van der Waals surface area (Å²) >= 11 is 0. The fourth-order valence-corrected chi connectivity index (χ4v) is 4.69. The van der Waals surface area contributed by atoms with Crippen LogP contribution in [0.2, 0.25) is 0 Å². The van der Waals surface area contributed by atoms with Gasteiger partial charge in [-0.25, -0.2) is 0 Å². The van der Waals surface area contributed by atoms with E-state index in [9.17, 15) is 0 Å². The Morgan fingerprint density at radius 2 is 2.00 bits per heavy atom. The molecule has 1 N–H and O–H groups in total. The molecular formula is C20H37IN6. The number of nitrogens with one attached hydrogen (secondary N) is 1. The van der Waals surface area contributed by atoms with E-state index in [0.717, 1.165) is 37.4 Å². The monoisotopic (exact) mass is 488 g/mol. The van der Waals surface area contributed by atoms with Crippen molar-refractivity contribution in [1.29, 1.82) is 0 Å². The predicted octanol–water partition coefficient (Wildman–Crippen LogP) is 2.77. The summed E-state index contributed by atoms with van der Waals surface area (Å²) in [4.78, 5) is 9.54. The lowest BCUT2D eigenvalue weighted by atomic mass is 9.92. The summed E-state index contributed by atoms with van der Waals surface area (Å²) in [6.07, 6.45) is 7.89. The van der Waals surface area contributed by atoms with Crippen LogP contribution in [0.15, 0.2) is 17.4 Å². The summed E-state index contributed by atoms with van der Waals surface area (Å²) in [5.74, 6) is 3.30. The van der Waals surface area contributed by atoms with Crippen LogP contribution < -0.4 is 5.32 Å². The largest absolute Gasteiger partial charge is 0.356 e. The number of piperidine rings is 1. The fraction of sp³-hybridized carbons (Fsp3) is 0.800. The van der Waals surface area contributed by atoms with Gasteiger partial charge in [-0.1, -0.05) is 13.8 Å². The van der Waals surface area contributed by atoms with Gasteiger partial charge in [-0.15, -0.1) is 24.0 Å². The van der Waals surface area contributed by atoms with E-state index >= 15 is 0 Å². The Labute approximate surface area is 181 Å². The molecule has 0 aromatic carbocycles. The molecule has 2 saturated heterocycles. The summed E-state index contributed by atoms with van der Waals surface area (Å²) in [6.45, 7) is 11.6. The smallest absolute Gasteiger partial charge is 0.193 e. The van der Waals surface area contributed by atoms with Gasteiger partial charge in [-0.3, -0.25) is 9.67 Å². The first-order valence-electron chi connectivity index (χ1n) is 10.2. The number of aliphatic imine (C=N–C) groups is 1. The third kappa shape index (κ3) is 6.34. The molecule has 2 aliphatic heterocycles. The molecular weight excluding hydrogens is 451 g/mol. The second-order valence-electron chi connectivity index (χ2n) is 8.41. The molecule has 154 valence electrons. The molecule has 0 saturated carbocycles. The number of hydrogen-bond acceptors (Lipinski definition) is 3.